The summed E-state index contributed by atoms with van der Waals surface area (Å²) in [6.07, 6.45) is 1.69. The van der Waals surface area contributed by atoms with Crippen molar-refractivity contribution in [2.45, 2.75) is 0 Å². The molecule has 0 saturated carbocycles. The molecule has 7 nitrogen and oxygen atoms in total. The van der Waals surface area contributed by atoms with Gasteiger partial charge in [0.25, 0.3) is 0 Å². The molecule has 0 saturated heterocycles. The Bertz CT molecular complexity index is 1950. The fourth-order valence-electron chi connectivity index (χ4n) is 4.00. The molecular formula is C27H16Cl3N7S. The molecule has 0 radical (unpaired) electrons. The Hall–Kier alpha value is -3.82. The Balaban J connectivity index is 1.81. The number of halogens is 3. The van der Waals surface area contributed by atoms with Gasteiger partial charge < -0.3 is 0 Å². The van der Waals surface area contributed by atoms with Gasteiger partial charge in [-0.1, -0.05) is 53.0 Å². The number of nitrogens with one attached hydrogen (secondary N) is 1. The summed E-state index contributed by atoms with van der Waals surface area (Å²) in [5.41, 5.74) is 6.56. The summed E-state index contributed by atoms with van der Waals surface area (Å²) < 4.78 is 3.99. The summed E-state index contributed by atoms with van der Waals surface area (Å²) >= 11 is 24.9. The molecule has 11 heteroatoms. The molecule has 3 heterocycles. The minimum atomic E-state index is 0.399. The number of anilines is 1. The number of rotatable bonds is 4. The van der Waals surface area contributed by atoms with Crippen LogP contribution >= 0.6 is 47.0 Å². The highest BCUT2D eigenvalue weighted by molar-refractivity contribution is 7.71. The standard InChI is InChI=1S/C27H16Cl3N7S/c28-16-8-11-18(12-9-16)36-25-24(35-34-22-15-17(29)10-13-19(22)30)26(33-21-6-2-1-5-20(21)32-25)37(27(36)38)23-7-3-4-14-31-23/h1-15,34H/b35-24-. The smallest absolute Gasteiger partial charge is 0.193 e. The highest BCUT2D eigenvalue weighted by Crippen LogP contribution is 2.26. The van der Waals surface area contributed by atoms with E-state index in [1.165, 1.54) is 0 Å². The van der Waals surface area contributed by atoms with Gasteiger partial charge in [-0.05, 0) is 78.9 Å². The van der Waals surface area contributed by atoms with Crippen LogP contribution in [0.5, 0.6) is 0 Å². The Morgan fingerprint density at radius 3 is 2.08 bits per heavy atom. The van der Waals surface area contributed by atoms with Crippen molar-refractivity contribution < 1.29 is 0 Å². The third-order valence-corrected chi connectivity index (χ3v) is 6.93. The molecule has 3 aromatic carbocycles. The minimum absolute atomic E-state index is 0.399. The van der Waals surface area contributed by atoms with Crippen molar-refractivity contribution >= 4 is 75.0 Å². The third-order valence-electron chi connectivity index (χ3n) is 5.74. The fourth-order valence-corrected chi connectivity index (χ4v) is 4.82. The van der Waals surface area contributed by atoms with Crippen LogP contribution in [0.2, 0.25) is 15.1 Å². The van der Waals surface area contributed by atoms with E-state index in [4.69, 9.17) is 62.1 Å². The lowest BCUT2D eigenvalue weighted by Crippen LogP contribution is -2.23. The van der Waals surface area contributed by atoms with Crippen molar-refractivity contribution in [1.29, 1.82) is 0 Å². The lowest BCUT2D eigenvalue weighted by Gasteiger charge is -2.15. The van der Waals surface area contributed by atoms with E-state index in [0.29, 0.717) is 59.0 Å². The number of aromatic nitrogens is 5. The first-order valence-corrected chi connectivity index (χ1v) is 12.9. The summed E-state index contributed by atoms with van der Waals surface area (Å²) in [5, 5.41) is 6.74. The van der Waals surface area contributed by atoms with Gasteiger partial charge >= 0.3 is 0 Å². The minimum Gasteiger partial charge on any atom is -0.276 e. The zero-order chi connectivity index (χ0) is 26.2. The second-order valence-electron chi connectivity index (χ2n) is 8.17. The predicted octanol–water partition coefficient (Wildman–Crippen LogP) is 7.38. The van der Waals surface area contributed by atoms with Crippen LogP contribution < -0.4 is 10.8 Å². The number of nitrogens with zero attached hydrogens (tertiary/aromatic N) is 6. The molecule has 0 aliphatic heterocycles. The van der Waals surface area contributed by atoms with Crippen molar-refractivity contribution in [2.24, 2.45) is 5.10 Å². The molecule has 1 N–H and O–H groups in total. The molecule has 0 aliphatic rings. The molecule has 0 aliphatic carbocycles. The van der Waals surface area contributed by atoms with E-state index >= 15 is 0 Å². The van der Waals surface area contributed by atoms with E-state index < -0.39 is 0 Å². The van der Waals surface area contributed by atoms with E-state index in [-0.39, 0.29) is 0 Å². The molecule has 6 aromatic rings. The first-order valence-electron chi connectivity index (χ1n) is 11.4. The highest BCUT2D eigenvalue weighted by atomic mass is 35.5. The number of para-hydroxylation sites is 2. The maximum absolute atomic E-state index is 6.41. The quantitative estimate of drug-likeness (QED) is 0.175. The first-order chi connectivity index (χ1) is 18.5. The van der Waals surface area contributed by atoms with Gasteiger partial charge in [0.05, 0.1) is 27.4 Å². The van der Waals surface area contributed by atoms with Gasteiger partial charge in [-0.15, -0.1) is 0 Å². The number of hydrogen-bond acceptors (Lipinski definition) is 6. The van der Waals surface area contributed by atoms with Crippen molar-refractivity contribution in [1.82, 2.24) is 24.1 Å². The number of hydrogen-bond donors (Lipinski definition) is 1. The van der Waals surface area contributed by atoms with Gasteiger partial charge in [0.1, 0.15) is 5.82 Å². The van der Waals surface area contributed by atoms with E-state index in [1.807, 2.05) is 59.2 Å². The van der Waals surface area contributed by atoms with Crippen molar-refractivity contribution in [3.8, 4) is 11.5 Å². The van der Waals surface area contributed by atoms with Crippen LogP contribution in [0.4, 0.5) is 5.69 Å². The molecule has 2 bridgehead atoms. The average molecular weight is 577 g/mol. The molecule has 0 amide bonds. The Labute approximate surface area is 236 Å². The van der Waals surface area contributed by atoms with Gasteiger partial charge in [-0.25, -0.2) is 15.0 Å². The zero-order valence-electron chi connectivity index (χ0n) is 19.4. The average Bonchev–Trinajstić information content (AvgIpc) is 3.04. The van der Waals surface area contributed by atoms with Crippen LogP contribution in [0.3, 0.4) is 0 Å². The fraction of sp³-hybridized carbons (Fsp3) is 0. The number of fused-ring (bicyclic) bond motifs is 3. The molecule has 6 rings (SSSR count). The Kier molecular flexibility index (Phi) is 6.55. The van der Waals surface area contributed by atoms with E-state index in [9.17, 15) is 0 Å². The number of benzene rings is 3. The second-order valence-corrected chi connectivity index (χ2v) is 9.82. The summed E-state index contributed by atoms with van der Waals surface area (Å²) in [7, 11) is 0. The van der Waals surface area contributed by atoms with Gasteiger partial charge in [-0.3, -0.25) is 14.6 Å². The molecule has 0 unspecified atom stereocenters. The molecule has 38 heavy (non-hydrogen) atoms. The van der Waals surface area contributed by atoms with Crippen molar-refractivity contribution in [2.75, 3.05) is 5.43 Å². The third kappa shape index (κ3) is 4.52. The summed E-state index contributed by atoms with van der Waals surface area (Å²) in [5.74, 6) is 0.571. The summed E-state index contributed by atoms with van der Waals surface area (Å²) in [6.45, 7) is 0. The molecule has 0 atom stereocenters. The van der Waals surface area contributed by atoms with Gasteiger partial charge in [0.2, 0.25) is 0 Å². The Morgan fingerprint density at radius 2 is 1.39 bits per heavy atom. The van der Waals surface area contributed by atoms with Gasteiger partial charge in [0, 0.05) is 16.2 Å². The van der Waals surface area contributed by atoms with Crippen LogP contribution in [0.1, 0.15) is 0 Å². The van der Waals surface area contributed by atoms with Crippen LogP contribution in [-0.2, 0) is 0 Å². The second kappa shape index (κ2) is 10.2. The molecule has 0 fully saturated rings. The lowest BCUT2D eigenvalue weighted by atomic mass is 10.3. The molecule has 0 spiro atoms. The first kappa shape index (κ1) is 24.5. The van der Waals surface area contributed by atoms with Gasteiger partial charge in [0.15, 0.2) is 21.4 Å². The SMILES string of the molecule is S=c1n(-c2ccc(Cl)cc2)c2nc3ccccc3nc(/c2=N\Nc2cc(Cl)ccc2Cl)n1-c1ccccn1. The Morgan fingerprint density at radius 1 is 0.737 bits per heavy atom. The molecule has 186 valence electrons. The zero-order valence-corrected chi connectivity index (χ0v) is 22.5. The topological polar surface area (TPSA) is 72.9 Å². The lowest BCUT2D eigenvalue weighted by molar-refractivity contribution is 0.865. The monoisotopic (exact) mass is 575 g/mol. The maximum atomic E-state index is 6.41. The van der Waals surface area contributed by atoms with E-state index in [0.717, 1.165) is 5.69 Å². The van der Waals surface area contributed by atoms with Crippen molar-refractivity contribution in [3.63, 3.8) is 0 Å². The largest absolute Gasteiger partial charge is 0.276 e. The van der Waals surface area contributed by atoms with Gasteiger partial charge in [-0.2, -0.15) is 5.10 Å². The number of pyridine rings is 1. The van der Waals surface area contributed by atoms with Crippen LogP contribution in [0.25, 0.3) is 33.8 Å². The van der Waals surface area contributed by atoms with E-state index in [2.05, 4.69) is 10.4 Å². The van der Waals surface area contributed by atoms with Crippen LogP contribution in [-0.4, -0.2) is 24.1 Å². The summed E-state index contributed by atoms with van der Waals surface area (Å²) in [6, 6.07) is 25.6. The summed E-state index contributed by atoms with van der Waals surface area (Å²) in [4.78, 5) is 14.5. The highest BCUT2D eigenvalue weighted by Gasteiger charge is 2.17. The van der Waals surface area contributed by atoms with Crippen LogP contribution in [0.15, 0.2) is 96.2 Å². The van der Waals surface area contributed by atoms with E-state index in [1.54, 1.807) is 41.1 Å². The van der Waals surface area contributed by atoms with Crippen LogP contribution in [0, 0.1) is 4.77 Å². The molecular weight excluding hydrogens is 561 g/mol. The normalized spacial score (nSPS) is 11.8. The van der Waals surface area contributed by atoms with Crippen molar-refractivity contribution in [3.05, 3.63) is 116 Å². The predicted molar refractivity (Wildman–Crippen MR) is 155 cm³/mol. The maximum Gasteiger partial charge on any atom is 0.193 e. The molecule has 3 aromatic heterocycles.